The summed E-state index contributed by atoms with van der Waals surface area (Å²) in [5.41, 5.74) is 1.11. The molecule has 1 aromatic rings. The first-order valence-corrected chi connectivity index (χ1v) is 7.71. The minimum Gasteiger partial charge on any atom is -0.497 e. The van der Waals surface area contributed by atoms with Gasteiger partial charge in [0.1, 0.15) is 11.9 Å². The van der Waals surface area contributed by atoms with Crippen LogP contribution in [0.2, 0.25) is 0 Å². The first kappa shape index (κ1) is 17.0. The molecule has 0 saturated carbocycles. The Kier molecular flexibility index (Phi) is 6.00. The van der Waals surface area contributed by atoms with Crippen LogP contribution in [-0.2, 0) is 20.8 Å². The van der Waals surface area contributed by atoms with Crippen molar-refractivity contribution in [2.75, 3.05) is 13.7 Å². The second-order valence-electron chi connectivity index (χ2n) is 5.93. The van der Waals surface area contributed by atoms with Crippen molar-refractivity contribution in [1.82, 2.24) is 0 Å². The van der Waals surface area contributed by atoms with Crippen LogP contribution in [0.1, 0.15) is 32.3 Å². The van der Waals surface area contributed by atoms with E-state index >= 15 is 0 Å². The molecule has 1 heterocycles. The Hall–Kier alpha value is -1.36. The van der Waals surface area contributed by atoms with Crippen LogP contribution in [0.4, 0.5) is 0 Å². The minimum atomic E-state index is -0.527. The van der Waals surface area contributed by atoms with Crippen LogP contribution in [0.5, 0.6) is 5.75 Å². The molecule has 1 fully saturated rings. The van der Waals surface area contributed by atoms with Crippen LogP contribution >= 0.6 is 0 Å². The van der Waals surface area contributed by atoms with E-state index in [0.717, 1.165) is 24.2 Å². The molecule has 0 spiro atoms. The lowest BCUT2D eigenvalue weighted by molar-refractivity contribution is -0.158. The smallest absolute Gasteiger partial charge is 0.163 e. The van der Waals surface area contributed by atoms with Crippen LogP contribution in [0.3, 0.4) is 0 Å². The van der Waals surface area contributed by atoms with Crippen LogP contribution < -0.4 is 4.74 Å². The molecule has 0 amide bonds. The molecule has 4 heteroatoms. The highest BCUT2D eigenvalue weighted by Crippen LogP contribution is 2.27. The fourth-order valence-electron chi connectivity index (χ4n) is 2.48. The summed E-state index contributed by atoms with van der Waals surface area (Å²) in [4.78, 5) is 0. The van der Waals surface area contributed by atoms with Gasteiger partial charge in [-0.1, -0.05) is 18.2 Å². The Balaban J connectivity index is 1.92. The maximum Gasteiger partial charge on any atom is 0.163 e. The van der Waals surface area contributed by atoms with Gasteiger partial charge in [-0.2, -0.15) is 0 Å². The second kappa shape index (κ2) is 7.77. The molecule has 0 bridgehead atoms. The Morgan fingerprint density at radius 2 is 2.09 bits per heavy atom. The lowest BCUT2D eigenvalue weighted by atomic mass is 10.1. The van der Waals surface area contributed by atoms with Gasteiger partial charge < -0.3 is 18.9 Å². The van der Waals surface area contributed by atoms with Crippen molar-refractivity contribution < 1.29 is 18.9 Å². The van der Waals surface area contributed by atoms with E-state index in [-0.39, 0.29) is 12.2 Å². The van der Waals surface area contributed by atoms with Crippen molar-refractivity contribution in [3.63, 3.8) is 0 Å². The fraction of sp³-hybridized carbons (Fsp3) is 0.556. The monoisotopic (exact) mass is 306 g/mol. The Morgan fingerprint density at radius 3 is 2.64 bits per heavy atom. The van der Waals surface area contributed by atoms with E-state index in [4.69, 9.17) is 18.9 Å². The fourth-order valence-corrected chi connectivity index (χ4v) is 2.48. The average Bonchev–Trinajstić information content (AvgIpc) is 2.88. The van der Waals surface area contributed by atoms with E-state index < -0.39 is 5.79 Å². The molecule has 1 saturated heterocycles. The largest absolute Gasteiger partial charge is 0.497 e. The normalized spacial score (nSPS) is 21.5. The number of allylic oxidation sites excluding steroid dienone is 1. The molecule has 1 aliphatic heterocycles. The van der Waals surface area contributed by atoms with E-state index in [1.165, 1.54) is 0 Å². The standard InChI is InChI=1S/C18H26O4/c1-5-6-7-16(17-13-21-18(2,3)22-17)20-12-14-8-10-15(19-4)11-9-14/h5,8-11,16-17H,1,6-7,12-13H2,2-4H3/t16-,17+/m0/s1. The zero-order chi connectivity index (χ0) is 16.0. The zero-order valence-corrected chi connectivity index (χ0v) is 13.7. The lowest BCUT2D eigenvalue weighted by Gasteiger charge is -2.24. The van der Waals surface area contributed by atoms with Gasteiger partial charge in [0.2, 0.25) is 0 Å². The van der Waals surface area contributed by atoms with Gasteiger partial charge in [0.05, 0.1) is 26.4 Å². The van der Waals surface area contributed by atoms with Gasteiger partial charge in [0, 0.05) is 0 Å². The minimum absolute atomic E-state index is 0.00174. The molecule has 0 N–H and O–H groups in total. The molecular formula is C18H26O4. The highest BCUT2D eigenvalue weighted by molar-refractivity contribution is 5.26. The molecule has 0 aliphatic carbocycles. The van der Waals surface area contributed by atoms with Crippen LogP contribution in [0.25, 0.3) is 0 Å². The summed E-state index contributed by atoms with van der Waals surface area (Å²) in [6.45, 7) is 8.76. The molecule has 2 rings (SSSR count). The van der Waals surface area contributed by atoms with Crippen molar-refractivity contribution in [1.29, 1.82) is 0 Å². The predicted octanol–water partition coefficient (Wildman–Crippen LogP) is 3.70. The first-order chi connectivity index (χ1) is 10.5. The lowest BCUT2D eigenvalue weighted by Crippen LogP contribution is -2.33. The predicted molar refractivity (Wildman–Crippen MR) is 85.9 cm³/mol. The average molecular weight is 306 g/mol. The molecule has 1 aromatic carbocycles. The number of hydrogen-bond acceptors (Lipinski definition) is 4. The topological polar surface area (TPSA) is 36.9 Å². The molecule has 1 aliphatic rings. The summed E-state index contributed by atoms with van der Waals surface area (Å²) in [5, 5.41) is 0. The summed E-state index contributed by atoms with van der Waals surface area (Å²) >= 11 is 0. The van der Waals surface area contributed by atoms with Crippen molar-refractivity contribution in [2.45, 2.75) is 51.3 Å². The van der Waals surface area contributed by atoms with Gasteiger partial charge in [0.15, 0.2) is 5.79 Å². The maximum absolute atomic E-state index is 6.09. The van der Waals surface area contributed by atoms with Crippen LogP contribution in [0.15, 0.2) is 36.9 Å². The van der Waals surface area contributed by atoms with E-state index in [1.807, 2.05) is 44.2 Å². The first-order valence-electron chi connectivity index (χ1n) is 7.71. The van der Waals surface area contributed by atoms with E-state index in [1.54, 1.807) is 7.11 Å². The third-order valence-corrected chi connectivity index (χ3v) is 3.72. The van der Waals surface area contributed by atoms with Crippen molar-refractivity contribution in [2.24, 2.45) is 0 Å². The molecule has 0 aromatic heterocycles. The Morgan fingerprint density at radius 1 is 1.36 bits per heavy atom. The number of benzene rings is 1. The zero-order valence-electron chi connectivity index (χ0n) is 13.7. The summed E-state index contributed by atoms with van der Waals surface area (Å²) in [6.07, 6.45) is 3.65. The van der Waals surface area contributed by atoms with E-state index in [0.29, 0.717) is 13.2 Å². The summed E-state index contributed by atoms with van der Waals surface area (Å²) in [6, 6.07) is 7.91. The molecule has 122 valence electrons. The SMILES string of the molecule is C=CCC[C@H](OCc1ccc(OC)cc1)[C@H]1COC(C)(C)O1. The molecule has 4 nitrogen and oxygen atoms in total. The molecule has 22 heavy (non-hydrogen) atoms. The van der Waals surface area contributed by atoms with Gasteiger partial charge in [-0.25, -0.2) is 0 Å². The molecular weight excluding hydrogens is 280 g/mol. The van der Waals surface area contributed by atoms with Crippen LogP contribution in [-0.4, -0.2) is 31.7 Å². The summed E-state index contributed by atoms with van der Waals surface area (Å²) < 4.78 is 22.8. The van der Waals surface area contributed by atoms with Gasteiger partial charge in [-0.3, -0.25) is 0 Å². The van der Waals surface area contributed by atoms with E-state index in [9.17, 15) is 0 Å². The van der Waals surface area contributed by atoms with Gasteiger partial charge in [0.25, 0.3) is 0 Å². The van der Waals surface area contributed by atoms with Gasteiger partial charge in [-0.05, 0) is 44.4 Å². The van der Waals surface area contributed by atoms with Crippen molar-refractivity contribution in [3.05, 3.63) is 42.5 Å². The Labute approximate surface area is 133 Å². The van der Waals surface area contributed by atoms with E-state index in [2.05, 4.69) is 6.58 Å². The summed E-state index contributed by atoms with van der Waals surface area (Å²) in [7, 11) is 1.66. The Bertz CT molecular complexity index is 466. The highest BCUT2D eigenvalue weighted by atomic mass is 16.7. The van der Waals surface area contributed by atoms with Crippen molar-refractivity contribution in [3.8, 4) is 5.75 Å². The summed E-state index contributed by atoms with van der Waals surface area (Å²) in [5.74, 6) is 0.321. The quantitative estimate of drug-likeness (QED) is 0.686. The van der Waals surface area contributed by atoms with Gasteiger partial charge in [-0.15, -0.1) is 6.58 Å². The molecule has 0 radical (unpaired) electrons. The maximum atomic E-state index is 6.09. The van der Waals surface area contributed by atoms with Crippen molar-refractivity contribution >= 4 is 0 Å². The number of methoxy groups -OCH3 is 1. The third-order valence-electron chi connectivity index (χ3n) is 3.72. The van der Waals surface area contributed by atoms with Gasteiger partial charge >= 0.3 is 0 Å². The number of ether oxygens (including phenoxy) is 4. The highest BCUT2D eigenvalue weighted by Gasteiger charge is 2.37. The molecule has 2 atom stereocenters. The number of rotatable bonds is 8. The van der Waals surface area contributed by atoms with Crippen LogP contribution in [0, 0.1) is 0 Å². The molecule has 0 unspecified atom stereocenters. The number of hydrogen-bond donors (Lipinski definition) is 0. The second-order valence-corrected chi connectivity index (χ2v) is 5.93. The third kappa shape index (κ3) is 4.83.